The van der Waals surface area contributed by atoms with Crippen molar-refractivity contribution in [3.8, 4) is 0 Å². The highest BCUT2D eigenvalue weighted by atomic mass is 19.4. The SMILES string of the molecule is CNc1cc(C(F)(F)F)ccc1N1CCO1. The van der Waals surface area contributed by atoms with Gasteiger partial charge in [0.1, 0.15) is 0 Å². The minimum absolute atomic E-state index is 0.412. The Kier molecular flexibility index (Phi) is 2.67. The minimum Gasteiger partial charge on any atom is -0.386 e. The summed E-state index contributed by atoms with van der Waals surface area (Å²) < 4.78 is 37.4. The van der Waals surface area contributed by atoms with Crippen LogP contribution in [-0.2, 0) is 11.0 Å². The first-order chi connectivity index (χ1) is 7.52. The second kappa shape index (κ2) is 3.86. The van der Waals surface area contributed by atoms with Crippen LogP contribution in [0.1, 0.15) is 5.56 Å². The van der Waals surface area contributed by atoms with E-state index in [1.807, 2.05) is 0 Å². The number of anilines is 2. The molecule has 0 aliphatic carbocycles. The predicted molar refractivity (Wildman–Crippen MR) is 54.3 cm³/mol. The van der Waals surface area contributed by atoms with Gasteiger partial charge in [-0.2, -0.15) is 13.2 Å². The highest BCUT2D eigenvalue weighted by molar-refractivity contribution is 5.70. The summed E-state index contributed by atoms with van der Waals surface area (Å²) in [6.45, 7) is 1.30. The minimum atomic E-state index is -4.32. The highest BCUT2D eigenvalue weighted by Crippen LogP contribution is 2.36. The smallest absolute Gasteiger partial charge is 0.386 e. The molecule has 16 heavy (non-hydrogen) atoms. The summed E-state index contributed by atoms with van der Waals surface area (Å²) in [5, 5.41) is 4.30. The van der Waals surface area contributed by atoms with Gasteiger partial charge in [0, 0.05) is 7.05 Å². The van der Waals surface area contributed by atoms with Crippen LogP contribution in [0.15, 0.2) is 18.2 Å². The van der Waals surface area contributed by atoms with Crippen molar-refractivity contribution in [1.29, 1.82) is 0 Å². The van der Waals surface area contributed by atoms with E-state index in [0.717, 1.165) is 12.1 Å². The third kappa shape index (κ3) is 1.92. The molecule has 0 saturated carbocycles. The lowest BCUT2D eigenvalue weighted by Crippen LogP contribution is -2.39. The molecule has 3 nitrogen and oxygen atoms in total. The molecule has 1 aliphatic heterocycles. The molecule has 1 N–H and O–H groups in total. The number of hydrogen-bond donors (Lipinski definition) is 1. The molecule has 1 fully saturated rings. The van der Waals surface area contributed by atoms with Crippen LogP contribution in [0.5, 0.6) is 0 Å². The first-order valence-corrected chi connectivity index (χ1v) is 4.82. The lowest BCUT2D eigenvalue weighted by molar-refractivity contribution is -0.137. The predicted octanol–water partition coefficient (Wildman–Crippen LogP) is 2.50. The molecule has 0 unspecified atom stereocenters. The van der Waals surface area contributed by atoms with E-state index in [-0.39, 0.29) is 0 Å². The third-order valence-corrected chi connectivity index (χ3v) is 2.40. The second-order valence-electron chi connectivity index (χ2n) is 3.42. The molecule has 0 radical (unpaired) electrons. The molecule has 1 aliphatic rings. The normalized spacial score (nSPS) is 15.9. The Labute approximate surface area is 90.8 Å². The Morgan fingerprint density at radius 3 is 2.50 bits per heavy atom. The summed E-state index contributed by atoms with van der Waals surface area (Å²) in [5.74, 6) is 0. The van der Waals surface area contributed by atoms with Gasteiger partial charge in [0.15, 0.2) is 0 Å². The van der Waals surface area contributed by atoms with Crippen LogP contribution in [-0.4, -0.2) is 20.2 Å². The summed E-state index contributed by atoms with van der Waals surface area (Å²) in [6.07, 6.45) is -4.32. The van der Waals surface area contributed by atoms with E-state index in [1.54, 1.807) is 12.1 Å². The quantitative estimate of drug-likeness (QED) is 0.847. The molecule has 2 rings (SSSR count). The van der Waals surface area contributed by atoms with E-state index in [4.69, 9.17) is 4.84 Å². The average molecular weight is 232 g/mol. The van der Waals surface area contributed by atoms with Crippen molar-refractivity contribution in [2.45, 2.75) is 6.18 Å². The topological polar surface area (TPSA) is 24.5 Å². The van der Waals surface area contributed by atoms with Gasteiger partial charge >= 0.3 is 6.18 Å². The van der Waals surface area contributed by atoms with Crippen LogP contribution in [0, 0.1) is 0 Å². The Balaban J connectivity index is 2.34. The van der Waals surface area contributed by atoms with Gasteiger partial charge < -0.3 is 5.32 Å². The number of alkyl halides is 3. The van der Waals surface area contributed by atoms with Gasteiger partial charge in [-0.3, -0.25) is 4.84 Å². The van der Waals surface area contributed by atoms with Crippen LogP contribution < -0.4 is 10.4 Å². The molecule has 0 amide bonds. The van der Waals surface area contributed by atoms with Gasteiger partial charge in [-0.05, 0) is 18.2 Å². The van der Waals surface area contributed by atoms with Crippen molar-refractivity contribution in [1.82, 2.24) is 0 Å². The van der Waals surface area contributed by atoms with E-state index >= 15 is 0 Å². The Morgan fingerprint density at radius 1 is 1.38 bits per heavy atom. The Hall–Kier alpha value is -1.43. The van der Waals surface area contributed by atoms with Gasteiger partial charge in [-0.15, -0.1) is 0 Å². The molecule has 0 spiro atoms. The zero-order chi connectivity index (χ0) is 11.8. The Morgan fingerprint density at radius 2 is 2.06 bits per heavy atom. The summed E-state index contributed by atoms with van der Waals surface area (Å²) in [7, 11) is 1.58. The maximum atomic E-state index is 12.5. The summed E-state index contributed by atoms with van der Waals surface area (Å²) >= 11 is 0. The molecule has 6 heteroatoms. The first-order valence-electron chi connectivity index (χ1n) is 4.82. The van der Waals surface area contributed by atoms with Crippen LogP contribution in [0.25, 0.3) is 0 Å². The second-order valence-corrected chi connectivity index (χ2v) is 3.42. The number of nitrogens with zero attached hydrogens (tertiary/aromatic N) is 1. The molecule has 1 saturated heterocycles. The summed E-state index contributed by atoms with van der Waals surface area (Å²) in [5.41, 5.74) is 0.373. The van der Waals surface area contributed by atoms with E-state index in [1.165, 1.54) is 6.07 Å². The lowest BCUT2D eigenvalue weighted by Gasteiger charge is -2.33. The van der Waals surface area contributed by atoms with E-state index in [0.29, 0.717) is 24.5 Å². The third-order valence-electron chi connectivity index (χ3n) is 2.40. The molecule has 88 valence electrons. The van der Waals surface area contributed by atoms with E-state index in [2.05, 4.69) is 5.32 Å². The molecule has 1 heterocycles. The fourth-order valence-corrected chi connectivity index (χ4v) is 1.50. The van der Waals surface area contributed by atoms with Crippen molar-refractivity contribution in [2.24, 2.45) is 0 Å². The van der Waals surface area contributed by atoms with Crippen molar-refractivity contribution in [3.05, 3.63) is 23.8 Å². The van der Waals surface area contributed by atoms with Crippen molar-refractivity contribution >= 4 is 11.4 Å². The van der Waals surface area contributed by atoms with Crippen LogP contribution >= 0.6 is 0 Å². The van der Waals surface area contributed by atoms with Crippen LogP contribution in [0.2, 0.25) is 0 Å². The zero-order valence-electron chi connectivity index (χ0n) is 8.64. The fraction of sp³-hybridized carbons (Fsp3) is 0.400. The molecular formula is C10H11F3N2O. The van der Waals surface area contributed by atoms with Gasteiger partial charge in [0.25, 0.3) is 0 Å². The molecule has 1 aromatic rings. The number of nitrogens with one attached hydrogen (secondary N) is 1. The van der Waals surface area contributed by atoms with Gasteiger partial charge in [-0.25, -0.2) is 5.06 Å². The molecule has 0 aromatic heterocycles. The lowest BCUT2D eigenvalue weighted by atomic mass is 10.1. The number of halogens is 3. The molecular weight excluding hydrogens is 221 g/mol. The van der Waals surface area contributed by atoms with E-state index < -0.39 is 11.7 Å². The van der Waals surface area contributed by atoms with Crippen molar-refractivity contribution < 1.29 is 18.0 Å². The van der Waals surface area contributed by atoms with Crippen molar-refractivity contribution in [2.75, 3.05) is 30.6 Å². The standard InChI is InChI=1S/C10H11F3N2O/c1-14-8-6-7(10(11,12)13)2-3-9(8)15-4-5-16-15/h2-3,6,14H,4-5H2,1H3. The number of hydrogen-bond acceptors (Lipinski definition) is 3. The monoisotopic (exact) mass is 232 g/mol. The van der Waals surface area contributed by atoms with Gasteiger partial charge in [0.05, 0.1) is 30.1 Å². The largest absolute Gasteiger partial charge is 0.416 e. The van der Waals surface area contributed by atoms with Gasteiger partial charge in [-0.1, -0.05) is 0 Å². The van der Waals surface area contributed by atoms with Crippen LogP contribution in [0.4, 0.5) is 24.5 Å². The van der Waals surface area contributed by atoms with Crippen LogP contribution in [0.3, 0.4) is 0 Å². The average Bonchev–Trinajstić information content (AvgIpc) is 2.14. The highest BCUT2D eigenvalue weighted by Gasteiger charge is 2.31. The number of hydroxylamine groups is 1. The first kappa shape index (κ1) is 11.1. The summed E-state index contributed by atoms with van der Waals surface area (Å²) in [6, 6.07) is 3.54. The fourth-order valence-electron chi connectivity index (χ4n) is 1.50. The molecule has 0 bridgehead atoms. The van der Waals surface area contributed by atoms with Gasteiger partial charge in [0.2, 0.25) is 0 Å². The Bertz CT molecular complexity index is 388. The maximum absolute atomic E-state index is 12.5. The molecule has 1 aromatic carbocycles. The number of benzene rings is 1. The van der Waals surface area contributed by atoms with Crippen molar-refractivity contribution in [3.63, 3.8) is 0 Å². The maximum Gasteiger partial charge on any atom is 0.416 e. The number of rotatable bonds is 2. The summed E-state index contributed by atoms with van der Waals surface area (Å²) in [4.78, 5) is 5.10. The van der Waals surface area contributed by atoms with E-state index in [9.17, 15) is 13.2 Å². The zero-order valence-corrected chi connectivity index (χ0v) is 8.64. The molecule has 0 atom stereocenters.